The van der Waals surface area contributed by atoms with E-state index in [9.17, 15) is 54.9 Å². The number of ether oxygens (including phenoxy) is 3. The molecule has 16 aliphatic rings. The quantitative estimate of drug-likeness (QED) is 0.0219. The smallest absolute Gasteiger partial charge is 0.303 e. The zero-order valence-electron chi connectivity index (χ0n) is 89.5. The Morgan fingerprint density at radius 2 is 0.681 bits per heavy atom. The topological polar surface area (TPSA) is 238 Å². The van der Waals surface area contributed by atoms with Crippen molar-refractivity contribution < 1.29 is 69.1 Å². The summed E-state index contributed by atoms with van der Waals surface area (Å²) in [6.07, 6.45) is 59.6. The number of esters is 3. The van der Waals surface area contributed by atoms with Crippen molar-refractivity contribution in [1.82, 2.24) is 0 Å². The first kappa shape index (κ1) is 107. The highest BCUT2D eigenvalue weighted by Gasteiger charge is 2.77. The molecule has 14 nitrogen and oxygen atoms in total. The van der Waals surface area contributed by atoms with E-state index in [1.54, 1.807) is 16.7 Å². The monoisotopic (exact) mass is 1870 g/mol. The van der Waals surface area contributed by atoms with E-state index in [0.717, 1.165) is 50.0 Å². The third-order valence-electron chi connectivity index (χ3n) is 42.9. The lowest BCUT2D eigenvalue weighted by molar-refractivity contribution is -0.178. The standard InChI is InChI=1S/C31H50O5.C31H48O3.C30H46O4.C29H46O2/c1-19(10-11-20(2)28(5,6)34)25-12-13-26-23(9-8-14-29(25,26)7)15-21(3)30-17-24(30)16-27(36-22(4)33)31(30,35)18-32;1-19(11-12-20(2)29(6,7)33)26-13-14-27-24(10-9-15-30(26,27)8)16-21(3)31-18-25(31)17-28(22(31)4)34-23(5)32;1-18(10-11-19(2)28(5,6)33)24-12-13-25-22(9-8-14-29(24,25)7)15-20(3)30-17-23(30)16-26(27(30)32)34-21(4)31;1-18(10-11-19(2)27(5,6)31)24-12-13-25-22(9-8-14-28(24,25)7)15-20(3)29-17-23(29)16-26(30)21(29)4/h10-11,15,19-21,24-27,32,34-35H,8-9,12-14,16-18H2,1-7H3;11-12,16,19-21,25-28,33H,4,9-10,13-15,17-18H2,1-3,5-8H3;10-11,15,18-20,23-26,33H,8-9,12-14,16-17H2,1-7H3;10-11,15,18-20,23-26,30-31H,4,8-9,12-14,16-17H2,1-3,5-7H3/b11-10+,23-15+;12-11+,24-16+;2*11-10+,22-15+/t19-,20+,21?,24?,25?,26+,27+,29-,30?,31?;19-,20+,21?,25?,26?,27+,28+,30-,31?;18-,19+,20?,23?,24?,25+,26+,29-,30?;18-,19+,20?,23?,24?,25+,26+,28-,29?/m1111/s1. The molecule has 135 heavy (non-hydrogen) atoms. The first-order valence-corrected chi connectivity index (χ1v) is 54.6. The lowest BCUT2D eigenvalue weighted by Gasteiger charge is -2.45. The van der Waals surface area contributed by atoms with Crippen molar-refractivity contribution in [2.75, 3.05) is 6.61 Å². The van der Waals surface area contributed by atoms with Gasteiger partial charge >= 0.3 is 17.9 Å². The fraction of sp³-hybridized carbons (Fsp3) is 0.802. The maximum atomic E-state index is 13.2. The van der Waals surface area contributed by atoms with Gasteiger partial charge < -0.3 is 50.0 Å². The highest BCUT2D eigenvalue weighted by atomic mass is 16.6. The first-order chi connectivity index (χ1) is 62.7. The van der Waals surface area contributed by atoms with Crippen LogP contribution in [0, 0.1) is 185 Å². The molecule has 0 aromatic carbocycles. The van der Waals surface area contributed by atoms with Crippen LogP contribution >= 0.6 is 0 Å². The van der Waals surface area contributed by atoms with Crippen molar-refractivity contribution in [3.05, 3.63) is 120 Å². The van der Waals surface area contributed by atoms with Gasteiger partial charge in [0.1, 0.15) is 17.8 Å². The van der Waals surface area contributed by atoms with Crippen molar-refractivity contribution in [3.63, 3.8) is 0 Å². The Kier molecular flexibility index (Phi) is 31.6. The van der Waals surface area contributed by atoms with Crippen molar-refractivity contribution >= 4 is 23.7 Å². The Morgan fingerprint density at radius 1 is 0.393 bits per heavy atom. The largest absolute Gasteiger partial charge is 0.459 e. The van der Waals surface area contributed by atoms with E-state index in [2.05, 4.69) is 197 Å². The molecule has 0 radical (unpaired) electrons. The molecule has 16 aliphatic carbocycles. The molecule has 7 N–H and O–H groups in total. The summed E-state index contributed by atoms with van der Waals surface area (Å²) >= 11 is 0. The van der Waals surface area contributed by atoms with Crippen molar-refractivity contribution in [1.29, 1.82) is 0 Å². The highest BCUT2D eigenvalue weighted by Crippen LogP contribution is 2.76. The van der Waals surface area contributed by atoms with Crippen LogP contribution in [-0.2, 0) is 33.4 Å². The first-order valence-electron chi connectivity index (χ1n) is 54.6. The maximum Gasteiger partial charge on any atom is 0.303 e. The molecule has 16 fully saturated rings. The summed E-state index contributed by atoms with van der Waals surface area (Å²) in [6.45, 7) is 65.0. The van der Waals surface area contributed by atoms with Crippen LogP contribution in [0.1, 0.15) is 367 Å². The van der Waals surface area contributed by atoms with Crippen LogP contribution in [-0.4, -0.2) is 118 Å². The van der Waals surface area contributed by atoms with E-state index >= 15 is 0 Å². The third kappa shape index (κ3) is 20.5. The lowest BCUT2D eigenvalue weighted by Crippen LogP contribution is -2.53. The average molecular weight is 1870 g/mol. The van der Waals surface area contributed by atoms with E-state index < -0.39 is 51.6 Å². The molecule has 16 rings (SSSR count). The number of Topliss-reactive ketones (excluding diaryl/α,β-unsaturated/α-hetero) is 1. The molecular weight excluding hydrogens is 1680 g/mol. The van der Waals surface area contributed by atoms with Crippen molar-refractivity contribution in [2.45, 2.75) is 419 Å². The van der Waals surface area contributed by atoms with Gasteiger partial charge in [0.15, 0.2) is 11.9 Å². The van der Waals surface area contributed by atoms with Gasteiger partial charge in [0.25, 0.3) is 0 Å². The fourth-order valence-electron chi connectivity index (χ4n) is 33.0. The Morgan fingerprint density at radius 3 is 0.993 bits per heavy atom. The van der Waals surface area contributed by atoms with Gasteiger partial charge in [0, 0.05) is 66.1 Å². The second-order valence-corrected chi connectivity index (χ2v) is 52.3. The molecule has 758 valence electrons. The number of rotatable bonds is 28. The van der Waals surface area contributed by atoms with Crippen LogP contribution in [0.2, 0.25) is 0 Å². The summed E-state index contributed by atoms with van der Waals surface area (Å²) in [5.41, 5.74) is 5.66. The molecule has 37 atom stereocenters. The lowest BCUT2D eigenvalue weighted by atomic mass is 9.60. The van der Waals surface area contributed by atoms with Crippen LogP contribution in [0.3, 0.4) is 0 Å². The molecule has 0 saturated heterocycles. The van der Waals surface area contributed by atoms with Gasteiger partial charge in [-0.3, -0.25) is 19.2 Å². The molecule has 0 heterocycles. The Labute approximate surface area is 818 Å². The average Bonchev–Trinajstić information content (AvgIpc) is 1.51. The summed E-state index contributed by atoms with van der Waals surface area (Å²) in [5, 5.41) is 73.4. The number of allylic oxidation sites excluding steroid dienone is 12. The fourth-order valence-corrected chi connectivity index (χ4v) is 33.0. The van der Waals surface area contributed by atoms with Gasteiger partial charge in [-0.2, -0.15) is 0 Å². The second-order valence-electron chi connectivity index (χ2n) is 52.3. The molecule has 14 heteroatoms. The third-order valence-corrected chi connectivity index (χ3v) is 42.9. The number of hydrogen-bond acceptors (Lipinski definition) is 14. The SMILES string of the molecule is C=C1[C@@H](O)CC2CC12C(C)/C=C1\CCC[C@]2(C)C([C@H](C)/C=C/[C@H](C)C(C)(C)O)CC[C@@H]12.C=C1[C@@H](OC(C)=O)CC2CC12C(C)/C=C1\CCC[C@]2(C)C([C@H](C)/C=C/[C@H](C)C(C)(C)O)CC[C@@H]12.CC(=O)O[C@H]1CC2CC2(C(C)/C=C2\CCC[C@]3(C)C([C@H](C)/C=C/[C@H](C)C(C)(C)O)CC[C@@H]23)C1(O)CO.CC(=O)O[C@H]1CC2CC2(C(C)/C=C2\CCC[C@]3(C)C([C@H](C)/C=C/[C@H](C)C(C)(C)O)CC[C@@H]23)C1=O. The molecule has 0 amide bonds. The molecular formula is C121H190O14. The summed E-state index contributed by atoms with van der Waals surface area (Å²) < 4.78 is 16.4. The van der Waals surface area contributed by atoms with Crippen LogP contribution in [0.4, 0.5) is 0 Å². The molecule has 0 aromatic rings. The molecule has 0 spiro atoms. The molecule has 0 bridgehead atoms. The van der Waals surface area contributed by atoms with E-state index in [1.165, 1.54) is 160 Å². The minimum Gasteiger partial charge on any atom is -0.459 e. The number of aliphatic hydroxyl groups is 7. The molecule has 0 aromatic heterocycles. The summed E-state index contributed by atoms with van der Waals surface area (Å²) in [6, 6.07) is 0. The van der Waals surface area contributed by atoms with Gasteiger partial charge in [-0.1, -0.05) is 219 Å². The van der Waals surface area contributed by atoms with Gasteiger partial charge in [-0.05, 0) is 386 Å². The van der Waals surface area contributed by atoms with Crippen LogP contribution in [0.15, 0.2) is 120 Å². The molecule has 16 saturated carbocycles. The molecule has 17 unspecified atom stereocenters. The minimum atomic E-state index is -1.37. The number of carbonyl (C=O) groups is 4. The van der Waals surface area contributed by atoms with Crippen LogP contribution < -0.4 is 0 Å². The molecule has 0 aliphatic heterocycles. The van der Waals surface area contributed by atoms with E-state index in [4.69, 9.17) is 14.2 Å². The zero-order valence-corrected chi connectivity index (χ0v) is 89.5. The van der Waals surface area contributed by atoms with Gasteiger partial charge in [-0.25, -0.2) is 0 Å². The highest BCUT2D eigenvalue weighted by molar-refractivity contribution is 5.96. The van der Waals surface area contributed by atoms with E-state index in [0.29, 0.717) is 130 Å². The van der Waals surface area contributed by atoms with E-state index in [-0.39, 0.29) is 93.7 Å². The summed E-state index contributed by atoms with van der Waals surface area (Å²) in [4.78, 5) is 47.8. The van der Waals surface area contributed by atoms with E-state index in [1.807, 2.05) is 55.4 Å². The number of aliphatic hydroxyl groups excluding tert-OH is 2. The number of fused-ring (bicyclic) bond motifs is 8. The minimum absolute atomic E-state index is 0.0801. The van der Waals surface area contributed by atoms with Gasteiger partial charge in [0.05, 0.1) is 35.1 Å². The van der Waals surface area contributed by atoms with Crippen molar-refractivity contribution in [2.24, 2.45) is 185 Å². The van der Waals surface area contributed by atoms with Gasteiger partial charge in [-0.15, -0.1) is 0 Å². The second kappa shape index (κ2) is 39.7. The van der Waals surface area contributed by atoms with Crippen LogP contribution in [0.25, 0.3) is 0 Å². The Hall–Kier alpha value is -4.80. The number of ketones is 1. The summed E-state index contributed by atoms with van der Waals surface area (Å²) in [5.74, 6) is 10.4. The predicted octanol–water partition coefficient (Wildman–Crippen LogP) is 25.7. The van der Waals surface area contributed by atoms with Crippen molar-refractivity contribution in [3.8, 4) is 0 Å². The maximum absolute atomic E-state index is 13.2. The Bertz CT molecular complexity index is 4410. The summed E-state index contributed by atoms with van der Waals surface area (Å²) in [7, 11) is 0. The van der Waals surface area contributed by atoms with Crippen LogP contribution in [0.5, 0.6) is 0 Å². The predicted molar refractivity (Wildman–Crippen MR) is 545 cm³/mol. The normalized spacial score (nSPS) is 42.7. The van der Waals surface area contributed by atoms with Gasteiger partial charge in [0.2, 0.25) is 0 Å². The zero-order chi connectivity index (χ0) is 99.6. The number of hydrogen-bond donors (Lipinski definition) is 7. The Balaban J connectivity index is 0.000000153. The number of carbonyl (C=O) groups excluding carboxylic acids is 4.